The molecule has 0 unspecified atom stereocenters. The fraction of sp³-hybridized carbons (Fsp3) is 0.136. The molecule has 3 aromatic carbocycles. The number of nitrogens with zero attached hydrogens (tertiary/aromatic N) is 4. The van der Waals surface area contributed by atoms with Gasteiger partial charge in [0.25, 0.3) is 0 Å². The molecule has 0 aliphatic carbocycles. The number of phenols is 1. The highest BCUT2D eigenvalue weighted by Gasteiger charge is 2.14. The van der Waals surface area contributed by atoms with Gasteiger partial charge in [-0.25, -0.2) is 0 Å². The number of rotatable bonds is 8. The Bertz CT molecular complexity index is 1100. The highest BCUT2D eigenvalue weighted by atomic mass is 16.5. The number of anilines is 1. The number of para-hydroxylation sites is 1. The van der Waals surface area contributed by atoms with Crippen molar-refractivity contribution in [3.05, 3.63) is 78.4 Å². The molecule has 0 amide bonds. The van der Waals surface area contributed by atoms with Crippen LogP contribution in [0.15, 0.2) is 72.8 Å². The van der Waals surface area contributed by atoms with Crippen LogP contribution in [0.4, 0.5) is 5.69 Å². The van der Waals surface area contributed by atoms with Crippen LogP contribution in [0.25, 0.3) is 5.69 Å². The first-order valence-electron chi connectivity index (χ1n) is 9.53. The van der Waals surface area contributed by atoms with Crippen molar-refractivity contribution in [3.63, 3.8) is 0 Å². The zero-order valence-electron chi connectivity index (χ0n) is 16.4. The van der Waals surface area contributed by atoms with Crippen LogP contribution in [0, 0.1) is 0 Å². The molecule has 0 aliphatic rings. The number of aromatic nitrogens is 4. The van der Waals surface area contributed by atoms with Gasteiger partial charge < -0.3 is 19.9 Å². The van der Waals surface area contributed by atoms with E-state index in [0.29, 0.717) is 24.7 Å². The number of nitrogens with one attached hydrogen (secondary N) is 1. The second-order valence-corrected chi connectivity index (χ2v) is 6.43. The van der Waals surface area contributed by atoms with Crippen molar-refractivity contribution in [2.75, 3.05) is 11.9 Å². The largest absolute Gasteiger partial charge is 0.508 e. The van der Waals surface area contributed by atoms with Gasteiger partial charge in [-0.05, 0) is 71.4 Å². The molecule has 1 aromatic heterocycles. The van der Waals surface area contributed by atoms with E-state index in [2.05, 4.69) is 20.8 Å². The summed E-state index contributed by atoms with van der Waals surface area (Å²) < 4.78 is 13.3. The Morgan fingerprint density at radius 1 is 0.967 bits per heavy atom. The van der Waals surface area contributed by atoms with Crippen molar-refractivity contribution < 1.29 is 14.6 Å². The van der Waals surface area contributed by atoms with Crippen LogP contribution in [0.5, 0.6) is 23.3 Å². The van der Waals surface area contributed by atoms with Crippen molar-refractivity contribution in [1.29, 1.82) is 0 Å². The fourth-order valence-corrected chi connectivity index (χ4v) is 2.87. The van der Waals surface area contributed by atoms with E-state index < -0.39 is 0 Å². The molecule has 0 saturated heterocycles. The van der Waals surface area contributed by atoms with Gasteiger partial charge in [-0.1, -0.05) is 29.4 Å². The number of ether oxygens (including phenoxy) is 2. The molecule has 0 atom stereocenters. The Balaban J connectivity index is 1.53. The standard InChI is InChI=1S/C22H21N5O3/c1-2-29-21-14-16(15-23-17-9-11-19(28)12-10-17)8-13-20(21)30-22-24-25-26-27(22)18-6-4-3-5-7-18/h3-14,23,28H,2,15H2,1H3. The summed E-state index contributed by atoms with van der Waals surface area (Å²) >= 11 is 0. The van der Waals surface area contributed by atoms with E-state index in [1.807, 2.05) is 67.6 Å². The topological polar surface area (TPSA) is 94.3 Å². The zero-order valence-corrected chi connectivity index (χ0v) is 16.4. The van der Waals surface area contributed by atoms with Crippen molar-refractivity contribution >= 4 is 5.69 Å². The van der Waals surface area contributed by atoms with Crippen LogP contribution in [-0.4, -0.2) is 31.9 Å². The van der Waals surface area contributed by atoms with Crippen molar-refractivity contribution in [2.45, 2.75) is 13.5 Å². The summed E-state index contributed by atoms with van der Waals surface area (Å²) in [6.45, 7) is 3.00. The second kappa shape index (κ2) is 8.95. The Labute approximate surface area is 173 Å². The second-order valence-electron chi connectivity index (χ2n) is 6.43. The Morgan fingerprint density at radius 2 is 1.77 bits per heavy atom. The van der Waals surface area contributed by atoms with Crippen LogP contribution >= 0.6 is 0 Å². The molecule has 4 rings (SSSR count). The molecule has 0 aliphatic heterocycles. The number of hydrogen-bond acceptors (Lipinski definition) is 7. The molecular weight excluding hydrogens is 382 g/mol. The molecule has 8 heteroatoms. The highest BCUT2D eigenvalue weighted by Crippen LogP contribution is 2.32. The molecule has 0 fully saturated rings. The molecule has 0 spiro atoms. The molecular formula is C22H21N5O3. The molecule has 30 heavy (non-hydrogen) atoms. The van der Waals surface area contributed by atoms with Gasteiger partial charge in [-0.3, -0.25) is 0 Å². The predicted molar refractivity (Wildman–Crippen MR) is 112 cm³/mol. The molecule has 2 N–H and O–H groups in total. The summed E-state index contributed by atoms with van der Waals surface area (Å²) in [4.78, 5) is 0. The van der Waals surface area contributed by atoms with Crippen LogP contribution in [0.2, 0.25) is 0 Å². The maximum absolute atomic E-state index is 9.39. The molecule has 152 valence electrons. The van der Waals surface area contributed by atoms with Gasteiger partial charge in [-0.2, -0.15) is 4.68 Å². The molecule has 8 nitrogen and oxygen atoms in total. The predicted octanol–water partition coefficient (Wildman–Crippen LogP) is 4.17. The van der Waals surface area contributed by atoms with Crippen LogP contribution in [-0.2, 0) is 6.54 Å². The minimum Gasteiger partial charge on any atom is -0.508 e. The summed E-state index contributed by atoms with van der Waals surface area (Å²) in [7, 11) is 0. The van der Waals surface area contributed by atoms with Crippen molar-refractivity contribution in [3.8, 4) is 28.9 Å². The van der Waals surface area contributed by atoms with E-state index in [4.69, 9.17) is 9.47 Å². The monoisotopic (exact) mass is 403 g/mol. The normalized spacial score (nSPS) is 10.6. The average molecular weight is 403 g/mol. The Hall–Kier alpha value is -4.07. The van der Waals surface area contributed by atoms with Crippen LogP contribution in [0.3, 0.4) is 0 Å². The lowest BCUT2D eigenvalue weighted by molar-refractivity contribution is 0.315. The van der Waals surface area contributed by atoms with Gasteiger partial charge in [0.1, 0.15) is 5.75 Å². The Morgan fingerprint density at radius 3 is 2.53 bits per heavy atom. The minimum absolute atomic E-state index is 0.235. The Kier molecular flexibility index (Phi) is 5.75. The summed E-state index contributed by atoms with van der Waals surface area (Å²) in [5, 5.41) is 24.4. The third-order valence-electron chi connectivity index (χ3n) is 4.31. The molecule has 0 saturated carbocycles. The summed E-state index contributed by atoms with van der Waals surface area (Å²) in [6, 6.07) is 22.4. The first kappa shape index (κ1) is 19.3. The van der Waals surface area contributed by atoms with E-state index >= 15 is 0 Å². The highest BCUT2D eigenvalue weighted by molar-refractivity contribution is 5.49. The van der Waals surface area contributed by atoms with Gasteiger partial charge in [0, 0.05) is 12.2 Å². The quantitative estimate of drug-likeness (QED) is 0.426. The SMILES string of the molecule is CCOc1cc(CNc2ccc(O)cc2)ccc1Oc1nnnn1-c1ccccc1. The zero-order chi connectivity index (χ0) is 20.8. The van der Waals surface area contributed by atoms with E-state index in [-0.39, 0.29) is 11.8 Å². The van der Waals surface area contributed by atoms with Crippen LogP contribution in [0.1, 0.15) is 12.5 Å². The van der Waals surface area contributed by atoms with E-state index in [1.165, 1.54) is 4.68 Å². The van der Waals surface area contributed by atoms with Gasteiger partial charge in [0.2, 0.25) is 0 Å². The minimum atomic E-state index is 0.235. The third-order valence-corrected chi connectivity index (χ3v) is 4.31. The maximum atomic E-state index is 9.39. The molecule has 4 aromatic rings. The maximum Gasteiger partial charge on any atom is 0.346 e. The van der Waals surface area contributed by atoms with Gasteiger partial charge in [0.15, 0.2) is 11.5 Å². The number of aromatic hydroxyl groups is 1. The summed E-state index contributed by atoms with van der Waals surface area (Å²) in [5.74, 6) is 1.36. The van der Waals surface area contributed by atoms with Gasteiger partial charge in [0.05, 0.1) is 12.3 Å². The lowest BCUT2D eigenvalue weighted by Gasteiger charge is -2.13. The number of phenolic OH excluding ortho intramolecular Hbond substituents is 1. The first-order chi connectivity index (χ1) is 14.7. The lowest BCUT2D eigenvalue weighted by atomic mass is 10.2. The number of benzene rings is 3. The van der Waals surface area contributed by atoms with Gasteiger partial charge >= 0.3 is 6.01 Å². The van der Waals surface area contributed by atoms with E-state index in [1.54, 1.807) is 12.1 Å². The fourth-order valence-electron chi connectivity index (χ4n) is 2.87. The van der Waals surface area contributed by atoms with Crippen molar-refractivity contribution in [2.24, 2.45) is 0 Å². The van der Waals surface area contributed by atoms with Gasteiger partial charge in [-0.15, -0.1) is 0 Å². The first-order valence-corrected chi connectivity index (χ1v) is 9.53. The third kappa shape index (κ3) is 4.49. The lowest BCUT2D eigenvalue weighted by Crippen LogP contribution is -2.03. The van der Waals surface area contributed by atoms with Crippen molar-refractivity contribution in [1.82, 2.24) is 20.2 Å². The average Bonchev–Trinajstić information content (AvgIpc) is 3.24. The van der Waals surface area contributed by atoms with Crippen LogP contribution < -0.4 is 14.8 Å². The molecule has 0 radical (unpaired) electrons. The summed E-state index contributed by atoms with van der Waals surface area (Å²) in [6.07, 6.45) is 0. The number of hydrogen-bond donors (Lipinski definition) is 2. The molecule has 1 heterocycles. The van der Waals surface area contributed by atoms with E-state index in [9.17, 15) is 5.11 Å². The summed E-state index contributed by atoms with van der Waals surface area (Å²) in [5.41, 5.74) is 2.72. The smallest absolute Gasteiger partial charge is 0.346 e. The van der Waals surface area contributed by atoms with E-state index in [0.717, 1.165) is 16.9 Å². The number of tetrazole rings is 1. The molecule has 0 bridgehead atoms.